The van der Waals surface area contributed by atoms with Crippen LogP contribution in [0.2, 0.25) is 0 Å². The highest BCUT2D eigenvalue weighted by Crippen LogP contribution is 2.34. The van der Waals surface area contributed by atoms with Crippen LogP contribution in [0.25, 0.3) is 11.1 Å². The molecule has 104 valence electrons. The molecule has 0 unspecified atom stereocenters. The predicted molar refractivity (Wildman–Crippen MR) is 59.3 cm³/mol. The molecule has 2 N–H and O–H groups in total. The quantitative estimate of drug-likeness (QED) is 0.400. The van der Waals surface area contributed by atoms with Crippen molar-refractivity contribution >= 4 is 12.1 Å². The topological polar surface area (TPSA) is 56.0 Å². The van der Waals surface area contributed by atoms with Gasteiger partial charge in [0, 0.05) is 17.3 Å². The Morgan fingerprint density at radius 2 is 1.45 bits per heavy atom. The largest absolute Gasteiger partial charge is 0.383 e. The van der Waals surface area contributed by atoms with Crippen LogP contribution < -0.4 is 5.73 Å². The number of rotatable bonds is 2. The minimum absolute atomic E-state index is 0.127. The number of aldehydes is 1. The van der Waals surface area contributed by atoms with Gasteiger partial charge in [0.15, 0.2) is 29.6 Å². The van der Waals surface area contributed by atoms with Crippen molar-refractivity contribution in [1.29, 1.82) is 0 Å². The minimum Gasteiger partial charge on any atom is -0.383 e. The maximum Gasteiger partial charge on any atom is 0.200 e. The van der Waals surface area contributed by atoms with Gasteiger partial charge in [0.05, 0.1) is 5.56 Å². The maximum atomic E-state index is 13.6. The molecule has 8 heteroatoms. The summed E-state index contributed by atoms with van der Waals surface area (Å²) in [6.07, 6.45) is 1.29. The summed E-state index contributed by atoms with van der Waals surface area (Å²) < 4.78 is 66.4. The Balaban J connectivity index is 2.86. The van der Waals surface area contributed by atoms with Gasteiger partial charge in [0.25, 0.3) is 0 Å². The van der Waals surface area contributed by atoms with Crippen molar-refractivity contribution in [2.24, 2.45) is 0 Å². The van der Waals surface area contributed by atoms with Gasteiger partial charge in [-0.1, -0.05) is 0 Å². The summed E-state index contributed by atoms with van der Waals surface area (Å²) >= 11 is 0. The lowest BCUT2D eigenvalue weighted by atomic mass is 10.0. The zero-order chi connectivity index (χ0) is 15.0. The van der Waals surface area contributed by atoms with Crippen LogP contribution in [0.1, 0.15) is 10.4 Å². The number of aromatic nitrogens is 1. The van der Waals surface area contributed by atoms with E-state index in [0.29, 0.717) is 6.29 Å². The van der Waals surface area contributed by atoms with Gasteiger partial charge in [0.2, 0.25) is 5.82 Å². The monoisotopic (exact) mass is 288 g/mol. The first-order valence-electron chi connectivity index (χ1n) is 5.11. The van der Waals surface area contributed by atoms with Crippen molar-refractivity contribution in [3.8, 4) is 11.1 Å². The molecule has 0 saturated heterocycles. The van der Waals surface area contributed by atoms with Gasteiger partial charge in [-0.05, 0) is 6.07 Å². The molecule has 2 aromatic rings. The normalized spacial score (nSPS) is 10.7. The van der Waals surface area contributed by atoms with Crippen LogP contribution in [0.5, 0.6) is 0 Å². The highest BCUT2D eigenvalue weighted by molar-refractivity contribution is 5.82. The summed E-state index contributed by atoms with van der Waals surface area (Å²) in [5, 5.41) is 0. The minimum atomic E-state index is -2.28. The third-order valence-electron chi connectivity index (χ3n) is 2.55. The molecule has 1 aromatic carbocycles. The summed E-state index contributed by atoms with van der Waals surface area (Å²) in [6, 6.07) is 0.883. The van der Waals surface area contributed by atoms with Crippen molar-refractivity contribution < 1.29 is 26.7 Å². The summed E-state index contributed by atoms with van der Waals surface area (Å²) in [4.78, 5) is 14.0. The molecule has 3 nitrogen and oxygen atoms in total. The lowest BCUT2D eigenvalue weighted by Gasteiger charge is -2.10. The smallest absolute Gasteiger partial charge is 0.200 e. The van der Waals surface area contributed by atoms with E-state index < -0.39 is 46.0 Å². The Hall–Kier alpha value is -2.51. The number of carbonyl (C=O) groups excluding carboxylic acids is 1. The van der Waals surface area contributed by atoms with Crippen LogP contribution in [0, 0.1) is 29.1 Å². The first-order chi connectivity index (χ1) is 9.38. The van der Waals surface area contributed by atoms with Crippen molar-refractivity contribution in [2.75, 3.05) is 5.73 Å². The zero-order valence-electron chi connectivity index (χ0n) is 9.55. The van der Waals surface area contributed by atoms with Crippen molar-refractivity contribution in [3.05, 3.63) is 46.9 Å². The molecular weight excluding hydrogens is 283 g/mol. The van der Waals surface area contributed by atoms with E-state index in [1.165, 1.54) is 0 Å². The van der Waals surface area contributed by atoms with Gasteiger partial charge < -0.3 is 5.73 Å². The molecule has 1 aromatic heterocycles. The fraction of sp³-hybridized carbons (Fsp3) is 0. The second-order valence-corrected chi connectivity index (χ2v) is 3.76. The summed E-state index contributed by atoms with van der Waals surface area (Å²) in [6.45, 7) is 0. The molecule has 0 atom stereocenters. The van der Waals surface area contributed by atoms with Gasteiger partial charge in [-0.2, -0.15) is 0 Å². The van der Waals surface area contributed by atoms with E-state index >= 15 is 0 Å². The SMILES string of the molecule is Nc1ncc(C=O)cc1-c1c(F)c(F)c(F)c(F)c1F. The van der Waals surface area contributed by atoms with Crippen LogP contribution in [0.3, 0.4) is 0 Å². The van der Waals surface area contributed by atoms with Gasteiger partial charge in [0.1, 0.15) is 5.82 Å². The highest BCUT2D eigenvalue weighted by Gasteiger charge is 2.27. The second kappa shape index (κ2) is 4.87. The molecule has 0 amide bonds. The average Bonchev–Trinajstić information content (AvgIpc) is 2.45. The average molecular weight is 288 g/mol. The molecule has 0 saturated carbocycles. The predicted octanol–water partition coefficient (Wildman–Crippen LogP) is 2.84. The number of nitrogens with zero attached hydrogens (tertiary/aromatic N) is 1. The molecule has 0 spiro atoms. The van der Waals surface area contributed by atoms with E-state index in [0.717, 1.165) is 12.3 Å². The number of nitrogens with two attached hydrogens (primary N) is 1. The van der Waals surface area contributed by atoms with Crippen molar-refractivity contribution in [1.82, 2.24) is 4.98 Å². The molecule has 0 aliphatic carbocycles. The van der Waals surface area contributed by atoms with E-state index in [1.54, 1.807) is 0 Å². The van der Waals surface area contributed by atoms with E-state index in [4.69, 9.17) is 5.73 Å². The van der Waals surface area contributed by atoms with E-state index in [-0.39, 0.29) is 5.56 Å². The highest BCUT2D eigenvalue weighted by atomic mass is 19.2. The summed E-state index contributed by atoms with van der Waals surface area (Å²) in [5.74, 6) is -11.0. The van der Waals surface area contributed by atoms with Crippen LogP contribution in [0.4, 0.5) is 27.8 Å². The molecular formula is C12H5F5N2O. The maximum absolute atomic E-state index is 13.6. The Morgan fingerprint density at radius 3 is 1.95 bits per heavy atom. The zero-order valence-corrected chi connectivity index (χ0v) is 9.55. The molecule has 2 rings (SSSR count). The Morgan fingerprint density at radius 1 is 0.950 bits per heavy atom. The first kappa shape index (κ1) is 13.9. The molecule has 0 aliphatic heterocycles. The Kier molecular flexibility index (Phi) is 3.39. The summed E-state index contributed by atoms with van der Waals surface area (Å²) in [5.41, 5.74) is 3.45. The molecule has 20 heavy (non-hydrogen) atoms. The van der Waals surface area contributed by atoms with Crippen molar-refractivity contribution in [2.45, 2.75) is 0 Å². The molecule has 1 heterocycles. The number of hydrogen-bond donors (Lipinski definition) is 1. The van der Waals surface area contributed by atoms with Crippen LogP contribution in [0.15, 0.2) is 12.3 Å². The fourth-order valence-electron chi connectivity index (χ4n) is 1.60. The standard InChI is InChI=1S/C12H5F5N2O/c13-7-6(8(14)10(16)11(17)9(7)15)5-1-4(3-20)2-19-12(5)18/h1-3H,(H2,18,19). The van der Waals surface area contributed by atoms with E-state index in [1.807, 2.05) is 0 Å². The Bertz CT molecular complexity index is 688. The fourth-order valence-corrected chi connectivity index (χ4v) is 1.60. The number of hydrogen-bond acceptors (Lipinski definition) is 3. The number of carbonyl (C=O) groups is 1. The number of benzene rings is 1. The van der Waals surface area contributed by atoms with Crippen molar-refractivity contribution in [3.63, 3.8) is 0 Å². The van der Waals surface area contributed by atoms with E-state index in [2.05, 4.69) is 4.98 Å². The van der Waals surface area contributed by atoms with Gasteiger partial charge in [-0.25, -0.2) is 26.9 Å². The first-order valence-corrected chi connectivity index (χ1v) is 5.11. The molecule has 0 fully saturated rings. The molecule has 0 bridgehead atoms. The van der Waals surface area contributed by atoms with Gasteiger partial charge in [-0.15, -0.1) is 0 Å². The lowest BCUT2D eigenvalue weighted by Crippen LogP contribution is -2.06. The second-order valence-electron chi connectivity index (χ2n) is 3.76. The third kappa shape index (κ3) is 1.98. The number of anilines is 1. The van der Waals surface area contributed by atoms with Gasteiger partial charge >= 0.3 is 0 Å². The number of pyridine rings is 1. The summed E-state index contributed by atoms with van der Waals surface area (Å²) in [7, 11) is 0. The van der Waals surface area contributed by atoms with Crippen LogP contribution in [-0.2, 0) is 0 Å². The van der Waals surface area contributed by atoms with Crippen LogP contribution in [-0.4, -0.2) is 11.3 Å². The number of halogens is 5. The Labute approximate surface area is 108 Å². The third-order valence-corrected chi connectivity index (χ3v) is 2.55. The van der Waals surface area contributed by atoms with E-state index in [9.17, 15) is 26.7 Å². The number of nitrogen functional groups attached to an aromatic ring is 1. The molecule has 0 aliphatic rings. The van der Waals surface area contributed by atoms with Gasteiger partial charge in [-0.3, -0.25) is 4.79 Å². The lowest BCUT2D eigenvalue weighted by molar-refractivity contribution is 0.112. The van der Waals surface area contributed by atoms with Crippen LogP contribution >= 0.6 is 0 Å². The molecule has 0 radical (unpaired) electrons.